The van der Waals surface area contributed by atoms with Crippen molar-refractivity contribution in [1.29, 1.82) is 0 Å². The second-order valence-corrected chi connectivity index (χ2v) is 8.05. The number of carbonyl (C=O) groups excluding carboxylic acids is 2. The van der Waals surface area contributed by atoms with Gasteiger partial charge in [-0.1, -0.05) is 36.1 Å². The number of hydrogen-bond acceptors (Lipinski definition) is 6. The molecule has 1 aliphatic heterocycles. The van der Waals surface area contributed by atoms with Crippen LogP contribution < -0.4 is 10.9 Å². The van der Waals surface area contributed by atoms with Gasteiger partial charge in [-0.15, -0.1) is 0 Å². The first-order valence-corrected chi connectivity index (χ1v) is 9.96. The van der Waals surface area contributed by atoms with E-state index < -0.39 is 11.5 Å². The molecule has 0 saturated carbocycles. The molecule has 6 nitrogen and oxygen atoms in total. The van der Waals surface area contributed by atoms with Gasteiger partial charge in [0.15, 0.2) is 0 Å². The standard InChI is InChI=1S/C21H13FN2O4S2/c22-14-4-1-12(2-5-14)9-17-20(27)24(21(29)30-17)11-18(25)23-15-6-7-16-13(10-15)3-8-19(26)28-16/h1-10H,11H2,(H,23,25)/b17-9-. The number of thiocarbonyl (C=S) groups is 1. The fourth-order valence-electron chi connectivity index (χ4n) is 2.84. The Kier molecular flexibility index (Phi) is 5.47. The zero-order valence-corrected chi connectivity index (χ0v) is 16.9. The number of amides is 2. The lowest BCUT2D eigenvalue weighted by Crippen LogP contribution is -2.36. The summed E-state index contributed by atoms with van der Waals surface area (Å²) in [5.74, 6) is -1.18. The first-order chi connectivity index (χ1) is 14.4. The largest absolute Gasteiger partial charge is 0.423 e. The summed E-state index contributed by atoms with van der Waals surface area (Å²) in [5, 5.41) is 3.36. The minimum Gasteiger partial charge on any atom is -0.423 e. The van der Waals surface area contributed by atoms with Gasteiger partial charge in [-0.2, -0.15) is 0 Å². The molecule has 0 aliphatic carbocycles. The molecule has 1 aliphatic rings. The average molecular weight is 440 g/mol. The van der Waals surface area contributed by atoms with Crippen LogP contribution in [0.2, 0.25) is 0 Å². The van der Waals surface area contributed by atoms with Gasteiger partial charge in [0.1, 0.15) is 22.3 Å². The summed E-state index contributed by atoms with van der Waals surface area (Å²) >= 11 is 6.32. The molecule has 9 heteroatoms. The molecule has 2 aromatic carbocycles. The van der Waals surface area contributed by atoms with Crippen LogP contribution in [0.5, 0.6) is 0 Å². The molecular weight excluding hydrogens is 427 g/mol. The number of nitrogens with zero attached hydrogens (tertiary/aromatic N) is 1. The lowest BCUT2D eigenvalue weighted by atomic mass is 10.2. The fraction of sp³-hybridized carbons (Fsp3) is 0.0476. The Labute approximate surface area is 179 Å². The minimum atomic E-state index is -0.456. The van der Waals surface area contributed by atoms with Gasteiger partial charge in [0.2, 0.25) is 5.91 Å². The molecule has 1 aromatic heterocycles. The van der Waals surface area contributed by atoms with Crippen molar-refractivity contribution in [2.75, 3.05) is 11.9 Å². The number of rotatable bonds is 4. The number of hydrogen-bond donors (Lipinski definition) is 1. The van der Waals surface area contributed by atoms with Crippen LogP contribution in [0.1, 0.15) is 5.56 Å². The van der Waals surface area contributed by atoms with Gasteiger partial charge in [0.05, 0.1) is 4.91 Å². The molecule has 1 fully saturated rings. The molecule has 1 saturated heterocycles. The highest BCUT2D eigenvalue weighted by Gasteiger charge is 2.33. The van der Waals surface area contributed by atoms with Gasteiger partial charge in [0.25, 0.3) is 5.91 Å². The smallest absolute Gasteiger partial charge is 0.336 e. The summed E-state index contributed by atoms with van der Waals surface area (Å²) in [7, 11) is 0. The van der Waals surface area contributed by atoms with Crippen LogP contribution in [0, 0.1) is 5.82 Å². The molecule has 150 valence electrons. The van der Waals surface area contributed by atoms with Crippen LogP contribution in [0.25, 0.3) is 17.0 Å². The van der Waals surface area contributed by atoms with Gasteiger partial charge in [0, 0.05) is 17.1 Å². The predicted octanol–water partition coefficient (Wildman–Crippen LogP) is 3.77. The van der Waals surface area contributed by atoms with Crippen LogP contribution in [-0.4, -0.2) is 27.6 Å². The molecule has 0 unspecified atom stereocenters. The Morgan fingerprint density at radius 3 is 2.67 bits per heavy atom. The summed E-state index contributed by atoms with van der Waals surface area (Å²) < 4.78 is 18.4. The van der Waals surface area contributed by atoms with E-state index in [-0.39, 0.29) is 22.6 Å². The van der Waals surface area contributed by atoms with Crippen LogP contribution in [0.15, 0.2) is 68.7 Å². The van der Waals surface area contributed by atoms with Crippen molar-refractivity contribution in [1.82, 2.24) is 4.90 Å². The van der Waals surface area contributed by atoms with Gasteiger partial charge in [-0.3, -0.25) is 14.5 Å². The maximum Gasteiger partial charge on any atom is 0.336 e. The van der Waals surface area contributed by atoms with Crippen molar-refractivity contribution in [3.63, 3.8) is 0 Å². The number of benzene rings is 2. The average Bonchev–Trinajstić information content (AvgIpc) is 2.97. The van der Waals surface area contributed by atoms with E-state index in [9.17, 15) is 18.8 Å². The predicted molar refractivity (Wildman–Crippen MR) is 117 cm³/mol. The molecule has 1 N–H and O–H groups in total. The summed E-state index contributed by atoms with van der Waals surface area (Å²) in [4.78, 5) is 37.9. The highest BCUT2D eigenvalue weighted by atomic mass is 32.2. The topological polar surface area (TPSA) is 79.6 Å². The van der Waals surface area contributed by atoms with Crippen molar-refractivity contribution in [2.24, 2.45) is 0 Å². The number of halogens is 1. The van der Waals surface area contributed by atoms with E-state index in [1.807, 2.05) is 0 Å². The van der Waals surface area contributed by atoms with Gasteiger partial charge < -0.3 is 9.73 Å². The number of carbonyl (C=O) groups is 2. The Balaban J connectivity index is 1.45. The summed E-state index contributed by atoms with van der Waals surface area (Å²) in [6.45, 7) is -0.243. The first kappa shape index (κ1) is 20.0. The van der Waals surface area contributed by atoms with E-state index >= 15 is 0 Å². The number of thioether (sulfide) groups is 1. The molecule has 0 radical (unpaired) electrons. The third-order valence-corrected chi connectivity index (χ3v) is 5.62. The number of fused-ring (bicyclic) bond motifs is 1. The molecule has 0 bridgehead atoms. The van der Waals surface area contributed by atoms with Crippen LogP contribution in [-0.2, 0) is 9.59 Å². The third kappa shape index (κ3) is 4.32. The second kappa shape index (κ2) is 8.21. The summed E-state index contributed by atoms with van der Waals surface area (Å²) in [6, 6.07) is 13.4. The molecule has 0 atom stereocenters. The maximum atomic E-state index is 13.0. The highest BCUT2D eigenvalue weighted by molar-refractivity contribution is 8.26. The molecule has 2 heterocycles. The summed E-state index contributed by atoms with van der Waals surface area (Å²) in [6.07, 6.45) is 1.60. The van der Waals surface area contributed by atoms with E-state index in [0.29, 0.717) is 27.1 Å². The van der Waals surface area contributed by atoms with Crippen molar-refractivity contribution >= 4 is 62.8 Å². The Hall–Kier alpha value is -3.30. The highest BCUT2D eigenvalue weighted by Crippen LogP contribution is 2.32. The van der Waals surface area contributed by atoms with E-state index in [2.05, 4.69) is 5.32 Å². The monoisotopic (exact) mass is 440 g/mol. The normalized spacial score (nSPS) is 15.2. The SMILES string of the molecule is O=C(CN1C(=O)/C(=C/c2ccc(F)cc2)SC1=S)Nc1ccc2oc(=O)ccc2c1. The fourth-order valence-corrected chi connectivity index (χ4v) is 4.10. The minimum absolute atomic E-state index is 0.243. The van der Waals surface area contributed by atoms with Gasteiger partial charge in [-0.25, -0.2) is 9.18 Å². The van der Waals surface area contributed by atoms with E-state index in [1.165, 1.54) is 23.1 Å². The molecule has 30 heavy (non-hydrogen) atoms. The molecule has 3 aromatic rings. The third-order valence-electron chi connectivity index (χ3n) is 4.25. The van der Waals surface area contributed by atoms with Crippen LogP contribution >= 0.6 is 24.0 Å². The quantitative estimate of drug-likeness (QED) is 0.378. The first-order valence-electron chi connectivity index (χ1n) is 8.74. The molecule has 2 amide bonds. The van der Waals surface area contributed by atoms with Crippen LogP contribution in [0.4, 0.5) is 10.1 Å². The van der Waals surface area contributed by atoms with E-state index in [4.69, 9.17) is 16.6 Å². The van der Waals surface area contributed by atoms with E-state index in [1.54, 1.807) is 42.5 Å². The molecule has 0 spiro atoms. The summed E-state index contributed by atoms with van der Waals surface area (Å²) in [5.41, 5.74) is 1.10. The van der Waals surface area contributed by atoms with E-state index in [0.717, 1.165) is 11.8 Å². The second-order valence-electron chi connectivity index (χ2n) is 6.37. The molecular formula is C21H13FN2O4S2. The lowest BCUT2D eigenvalue weighted by Gasteiger charge is -2.14. The van der Waals surface area contributed by atoms with Crippen molar-refractivity contribution in [2.45, 2.75) is 0 Å². The Bertz CT molecular complexity index is 1270. The van der Waals surface area contributed by atoms with Gasteiger partial charge >= 0.3 is 5.63 Å². The zero-order chi connectivity index (χ0) is 21.3. The number of nitrogens with one attached hydrogen (secondary N) is 1. The maximum absolute atomic E-state index is 13.0. The van der Waals surface area contributed by atoms with Crippen LogP contribution in [0.3, 0.4) is 0 Å². The Morgan fingerprint density at radius 1 is 1.13 bits per heavy atom. The van der Waals surface area contributed by atoms with Crippen molar-refractivity contribution in [3.05, 3.63) is 81.3 Å². The zero-order valence-electron chi connectivity index (χ0n) is 15.3. The molecule has 4 rings (SSSR count). The van der Waals surface area contributed by atoms with Crippen molar-refractivity contribution < 1.29 is 18.4 Å². The Morgan fingerprint density at radius 2 is 1.90 bits per heavy atom. The van der Waals surface area contributed by atoms with Crippen molar-refractivity contribution in [3.8, 4) is 0 Å². The number of anilines is 1. The van der Waals surface area contributed by atoms with Gasteiger partial charge in [-0.05, 0) is 48.0 Å². The lowest BCUT2D eigenvalue weighted by molar-refractivity contribution is -0.126.